The SMILES string of the molecule is CCOc1ccc(S(=O)(=O)NC(Cc2ccccc2)C(=O)Nc2cccc(Cl)c2)cc1Cl. The van der Waals surface area contributed by atoms with Crippen LogP contribution in [0.3, 0.4) is 0 Å². The molecule has 0 aliphatic carbocycles. The van der Waals surface area contributed by atoms with Crippen molar-refractivity contribution in [3.8, 4) is 5.75 Å². The van der Waals surface area contributed by atoms with Crippen molar-refractivity contribution in [1.29, 1.82) is 0 Å². The molecule has 0 heterocycles. The summed E-state index contributed by atoms with van der Waals surface area (Å²) in [6, 6.07) is 18.8. The molecule has 1 unspecified atom stereocenters. The van der Waals surface area contributed by atoms with Gasteiger partial charge in [-0.15, -0.1) is 0 Å². The van der Waals surface area contributed by atoms with E-state index in [9.17, 15) is 13.2 Å². The van der Waals surface area contributed by atoms with E-state index in [0.717, 1.165) is 5.56 Å². The number of halogens is 2. The fourth-order valence-electron chi connectivity index (χ4n) is 3.01. The van der Waals surface area contributed by atoms with Crippen LogP contribution < -0.4 is 14.8 Å². The Bertz CT molecular complexity index is 1190. The number of anilines is 1. The molecule has 0 aliphatic heterocycles. The first kappa shape index (κ1) is 24.1. The molecular formula is C23H22Cl2N2O4S. The number of benzene rings is 3. The molecule has 6 nitrogen and oxygen atoms in total. The highest BCUT2D eigenvalue weighted by Gasteiger charge is 2.27. The zero-order chi connectivity index (χ0) is 23.1. The second kappa shape index (κ2) is 10.8. The third-order valence-electron chi connectivity index (χ3n) is 4.50. The van der Waals surface area contributed by atoms with E-state index in [1.54, 1.807) is 31.2 Å². The molecule has 0 bridgehead atoms. The fourth-order valence-corrected chi connectivity index (χ4v) is 4.72. The van der Waals surface area contributed by atoms with Gasteiger partial charge < -0.3 is 10.1 Å². The maximum Gasteiger partial charge on any atom is 0.242 e. The summed E-state index contributed by atoms with van der Waals surface area (Å²) in [6.45, 7) is 2.20. The first-order valence-corrected chi connectivity index (χ1v) is 12.1. The first-order chi connectivity index (χ1) is 15.3. The van der Waals surface area contributed by atoms with Crippen molar-refractivity contribution in [2.75, 3.05) is 11.9 Å². The van der Waals surface area contributed by atoms with Gasteiger partial charge in [-0.3, -0.25) is 4.79 Å². The highest BCUT2D eigenvalue weighted by Crippen LogP contribution is 2.27. The molecule has 0 saturated carbocycles. The summed E-state index contributed by atoms with van der Waals surface area (Å²) >= 11 is 12.1. The Labute approximate surface area is 197 Å². The van der Waals surface area contributed by atoms with Gasteiger partial charge in [-0.2, -0.15) is 4.72 Å². The Morgan fingerprint density at radius 2 is 1.75 bits per heavy atom. The van der Waals surface area contributed by atoms with E-state index >= 15 is 0 Å². The monoisotopic (exact) mass is 492 g/mol. The van der Waals surface area contributed by atoms with Crippen molar-refractivity contribution in [3.05, 3.63) is 88.4 Å². The molecule has 1 atom stereocenters. The summed E-state index contributed by atoms with van der Waals surface area (Å²) in [5.74, 6) is -0.135. The Morgan fingerprint density at radius 1 is 1.00 bits per heavy atom. The molecule has 32 heavy (non-hydrogen) atoms. The van der Waals surface area contributed by atoms with Gasteiger partial charge in [0.2, 0.25) is 15.9 Å². The Balaban J connectivity index is 1.87. The minimum atomic E-state index is -4.06. The van der Waals surface area contributed by atoms with Gasteiger partial charge in [-0.1, -0.05) is 59.6 Å². The van der Waals surface area contributed by atoms with E-state index in [1.807, 2.05) is 30.3 Å². The largest absolute Gasteiger partial charge is 0.492 e. The van der Waals surface area contributed by atoms with E-state index in [-0.39, 0.29) is 16.3 Å². The summed E-state index contributed by atoms with van der Waals surface area (Å²) in [4.78, 5) is 12.9. The van der Waals surface area contributed by atoms with Crippen LogP contribution in [-0.4, -0.2) is 27.0 Å². The molecule has 0 aliphatic rings. The zero-order valence-electron chi connectivity index (χ0n) is 17.2. The van der Waals surface area contributed by atoms with E-state index in [1.165, 1.54) is 18.2 Å². The lowest BCUT2D eigenvalue weighted by Crippen LogP contribution is -2.45. The number of hydrogen-bond donors (Lipinski definition) is 2. The topological polar surface area (TPSA) is 84.5 Å². The van der Waals surface area contributed by atoms with Crippen molar-refractivity contribution in [3.63, 3.8) is 0 Å². The fraction of sp³-hybridized carbons (Fsp3) is 0.174. The quantitative estimate of drug-likeness (QED) is 0.443. The van der Waals surface area contributed by atoms with Gasteiger partial charge in [0.25, 0.3) is 0 Å². The minimum Gasteiger partial charge on any atom is -0.492 e. The van der Waals surface area contributed by atoms with Crippen molar-refractivity contribution < 1.29 is 17.9 Å². The number of ether oxygens (including phenoxy) is 1. The number of nitrogens with one attached hydrogen (secondary N) is 2. The molecule has 2 N–H and O–H groups in total. The van der Waals surface area contributed by atoms with Crippen LogP contribution in [0.15, 0.2) is 77.7 Å². The number of sulfonamides is 1. The van der Waals surface area contributed by atoms with Crippen LogP contribution in [-0.2, 0) is 21.2 Å². The van der Waals surface area contributed by atoms with Crippen LogP contribution in [0.4, 0.5) is 5.69 Å². The van der Waals surface area contributed by atoms with Crippen molar-refractivity contribution in [2.45, 2.75) is 24.3 Å². The number of carbonyl (C=O) groups is 1. The molecule has 3 rings (SSSR count). The molecule has 0 radical (unpaired) electrons. The predicted octanol–water partition coefficient (Wildman–Crippen LogP) is 4.92. The van der Waals surface area contributed by atoms with Crippen molar-refractivity contribution >= 4 is 44.8 Å². The first-order valence-electron chi connectivity index (χ1n) is 9.83. The maximum atomic E-state index is 13.1. The van der Waals surface area contributed by atoms with E-state index in [4.69, 9.17) is 27.9 Å². The average molecular weight is 493 g/mol. The van der Waals surface area contributed by atoms with Gasteiger partial charge in [-0.25, -0.2) is 8.42 Å². The normalized spacial score (nSPS) is 12.2. The zero-order valence-corrected chi connectivity index (χ0v) is 19.5. The summed E-state index contributed by atoms with van der Waals surface area (Å²) < 4.78 is 34.0. The van der Waals surface area contributed by atoms with Gasteiger partial charge in [0.15, 0.2) is 0 Å². The van der Waals surface area contributed by atoms with E-state index in [2.05, 4.69) is 10.0 Å². The second-order valence-electron chi connectivity index (χ2n) is 6.89. The molecule has 0 saturated heterocycles. The summed E-state index contributed by atoms with van der Waals surface area (Å²) in [6.07, 6.45) is 0.150. The lowest BCUT2D eigenvalue weighted by Gasteiger charge is -2.19. The Hall–Kier alpha value is -2.58. The third-order valence-corrected chi connectivity index (χ3v) is 6.50. The summed E-state index contributed by atoms with van der Waals surface area (Å²) in [7, 11) is -4.06. The third kappa shape index (κ3) is 6.46. The molecule has 0 fully saturated rings. The van der Waals surface area contributed by atoms with Gasteiger partial charge >= 0.3 is 0 Å². The number of amides is 1. The van der Waals surface area contributed by atoms with Gasteiger partial charge in [-0.05, 0) is 55.3 Å². The molecule has 0 aromatic heterocycles. The number of hydrogen-bond acceptors (Lipinski definition) is 4. The highest BCUT2D eigenvalue weighted by molar-refractivity contribution is 7.89. The van der Waals surface area contributed by atoms with Gasteiger partial charge in [0.05, 0.1) is 16.5 Å². The number of carbonyl (C=O) groups excluding carboxylic acids is 1. The molecule has 3 aromatic rings. The molecule has 9 heteroatoms. The molecule has 0 spiro atoms. The lowest BCUT2D eigenvalue weighted by atomic mass is 10.1. The highest BCUT2D eigenvalue weighted by atomic mass is 35.5. The van der Waals surface area contributed by atoms with Gasteiger partial charge in [0, 0.05) is 10.7 Å². The average Bonchev–Trinajstić information content (AvgIpc) is 2.75. The van der Waals surface area contributed by atoms with Gasteiger partial charge in [0.1, 0.15) is 11.8 Å². The summed E-state index contributed by atoms with van der Waals surface area (Å²) in [5, 5.41) is 3.33. The Kier molecular flexibility index (Phi) is 8.15. The second-order valence-corrected chi connectivity index (χ2v) is 9.45. The molecule has 1 amide bonds. The van der Waals surface area contributed by atoms with Crippen LogP contribution in [0.25, 0.3) is 0 Å². The van der Waals surface area contributed by atoms with E-state index in [0.29, 0.717) is 23.1 Å². The van der Waals surface area contributed by atoms with Crippen molar-refractivity contribution in [1.82, 2.24) is 4.72 Å². The predicted molar refractivity (Wildman–Crippen MR) is 127 cm³/mol. The lowest BCUT2D eigenvalue weighted by molar-refractivity contribution is -0.117. The van der Waals surface area contributed by atoms with E-state index < -0.39 is 22.0 Å². The maximum absolute atomic E-state index is 13.1. The summed E-state index contributed by atoms with van der Waals surface area (Å²) in [5.41, 5.74) is 1.26. The van der Waals surface area contributed by atoms with Crippen molar-refractivity contribution in [2.24, 2.45) is 0 Å². The minimum absolute atomic E-state index is 0.0698. The standard InChI is InChI=1S/C23H22Cl2N2O4S/c1-2-31-22-12-11-19(15-20(22)25)32(29,30)27-21(13-16-7-4-3-5-8-16)23(28)26-18-10-6-9-17(24)14-18/h3-12,14-15,21,27H,2,13H2,1H3,(H,26,28). The van der Waals surface area contributed by atoms with Crippen LogP contribution in [0.1, 0.15) is 12.5 Å². The van der Waals surface area contributed by atoms with Crippen LogP contribution in [0.5, 0.6) is 5.75 Å². The smallest absolute Gasteiger partial charge is 0.242 e. The molecule has 168 valence electrons. The van der Waals surface area contributed by atoms with Crippen LogP contribution in [0.2, 0.25) is 10.0 Å². The van der Waals surface area contributed by atoms with Crippen LogP contribution in [0, 0.1) is 0 Å². The number of rotatable bonds is 9. The Morgan fingerprint density at radius 3 is 2.41 bits per heavy atom. The molecule has 3 aromatic carbocycles. The molecular weight excluding hydrogens is 471 g/mol. The van der Waals surface area contributed by atoms with Crippen LogP contribution >= 0.6 is 23.2 Å².